The lowest BCUT2D eigenvalue weighted by atomic mass is 10.3. The lowest BCUT2D eigenvalue weighted by molar-refractivity contribution is -0.127. The number of pyridine rings is 1. The Hall–Kier alpha value is -1.95. The Kier molecular flexibility index (Phi) is 3.88. The van der Waals surface area contributed by atoms with Crippen LogP contribution in [0, 0.1) is 0 Å². The zero-order valence-corrected chi connectivity index (χ0v) is 9.87. The molecule has 1 saturated heterocycles. The predicted molar refractivity (Wildman–Crippen MR) is 63.8 cm³/mol. The number of β-amino-alcohol motifs (C(OH)–C–C–N with tert-alkyl or cyclic N) is 1. The van der Waals surface area contributed by atoms with Crippen LogP contribution in [-0.2, 0) is 4.79 Å². The number of nitrogens with zero attached hydrogens (tertiary/aromatic N) is 2. The summed E-state index contributed by atoms with van der Waals surface area (Å²) in [5, 5.41) is 12.0. The van der Waals surface area contributed by atoms with Crippen LogP contribution in [0.1, 0.15) is 16.8 Å². The van der Waals surface area contributed by atoms with Gasteiger partial charge in [-0.2, -0.15) is 0 Å². The van der Waals surface area contributed by atoms with Gasteiger partial charge >= 0.3 is 0 Å². The molecule has 0 bridgehead atoms. The molecule has 1 aliphatic rings. The number of amides is 2. The number of hydrogen-bond donors (Lipinski definition) is 2. The maximum atomic E-state index is 11.7. The van der Waals surface area contributed by atoms with Crippen LogP contribution >= 0.6 is 0 Å². The standard InChI is InChI=1S/C12H15N3O3/c16-10-6-11(17)15(8-10)5-4-14-12(18)9-2-1-3-13-7-9/h1-3,7,10,16H,4-6,8H2,(H,14,18). The number of likely N-dealkylation sites (tertiary alicyclic amines) is 1. The Balaban J connectivity index is 1.76. The molecule has 2 heterocycles. The molecule has 2 N–H and O–H groups in total. The lowest BCUT2D eigenvalue weighted by Crippen LogP contribution is -2.36. The summed E-state index contributed by atoms with van der Waals surface area (Å²) in [7, 11) is 0. The number of carbonyl (C=O) groups is 2. The summed E-state index contributed by atoms with van der Waals surface area (Å²) in [6.45, 7) is 1.13. The molecule has 1 unspecified atom stereocenters. The first-order valence-electron chi connectivity index (χ1n) is 5.81. The molecule has 1 atom stereocenters. The van der Waals surface area contributed by atoms with E-state index in [1.165, 1.54) is 6.20 Å². The second kappa shape index (κ2) is 5.59. The van der Waals surface area contributed by atoms with Gasteiger partial charge in [-0.1, -0.05) is 0 Å². The summed E-state index contributed by atoms with van der Waals surface area (Å²) >= 11 is 0. The van der Waals surface area contributed by atoms with Crippen molar-refractivity contribution in [2.24, 2.45) is 0 Å². The van der Waals surface area contributed by atoms with Crippen LogP contribution < -0.4 is 5.32 Å². The molecule has 2 amide bonds. The van der Waals surface area contributed by atoms with Gasteiger partial charge < -0.3 is 15.3 Å². The molecule has 0 radical (unpaired) electrons. The lowest BCUT2D eigenvalue weighted by Gasteiger charge is -2.15. The first-order chi connectivity index (χ1) is 8.66. The Morgan fingerprint density at radius 2 is 2.44 bits per heavy atom. The number of carbonyl (C=O) groups excluding carboxylic acids is 2. The molecule has 0 aromatic carbocycles. The Morgan fingerprint density at radius 1 is 1.61 bits per heavy atom. The highest BCUT2D eigenvalue weighted by atomic mass is 16.3. The molecular formula is C12H15N3O3. The summed E-state index contributed by atoms with van der Waals surface area (Å²) < 4.78 is 0. The van der Waals surface area contributed by atoms with E-state index in [1.54, 1.807) is 23.2 Å². The minimum absolute atomic E-state index is 0.0712. The van der Waals surface area contributed by atoms with E-state index in [-0.39, 0.29) is 18.2 Å². The smallest absolute Gasteiger partial charge is 0.252 e. The van der Waals surface area contributed by atoms with Crippen LogP contribution in [0.15, 0.2) is 24.5 Å². The number of nitrogens with one attached hydrogen (secondary N) is 1. The summed E-state index contributed by atoms with van der Waals surface area (Å²) in [5.41, 5.74) is 0.491. The summed E-state index contributed by atoms with van der Waals surface area (Å²) in [6, 6.07) is 3.36. The molecule has 0 aliphatic carbocycles. The van der Waals surface area contributed by atoms with Gasteiger partial charge in [-0.05, 0) is 12.1 Å². The molecule has 0 spiro atoms. The Labute approximate surface area is 105 Å². The average molecular weight is 249 g/mol. The van der Waals surface area contributed by atoms with E-state index in [0.717, 1.165) is 0 Å². The zero-order chi connectivity index (χ0) is 13.0. The summed E-state index contributed by atoms with van der Waals surface area (Å²) in [6.07, 6.45) is 2.68. The van der Waals surface area contributed by atoms with Crippen molar-refractivity contribution in [2.75, 3.05) is 19.6 Å². The summed E-state index contributed by atoms with van der Waals surface area (Å²) in [5.74, 6) is -0.284. The number of aliphatic hydroxyl groups is 1. The van der Waals surface area contributed by atoms with Crippen molar-refractivity contribution in [3.8, 4) is 0 Å². The van der Waals surface area contributed by atoms with Crippen LogP contribution in [0.25, 0.3) is 0 Å². The second-order valence-electron chi connectivity index (χ2n) is 4.20. The molecule has 6 heteroatoms. The van der Waals surface area contributed by atoms with Crippen molar-refractivity contribution < 1.29 is 14.7 Å². The first kappa shape index (κ1) is 12.5. The van der Waals surface area contributed by atoms with Gasteiger partial charge in [-0.15, -0.1) is 0 Å². The molecule has 0 saturated carbocycles. The highest BCUT2D eigenvalue weighted by Crippen LogP contribution is 2.09. The zero-order valence-electron chi connectivity index (χ0n) is 9.87. The number of rotatable bonds is 4. The topological polar surface area (TPSA) is 82.5 Å². The molecule has 2 rings (SSSR count). The van der Waals surface area contributed by atoms with Crippen LogP contribution in [0.3, 0.4) is 0 Å². The van der Waals surface area contributed by atoms with Crippen molar-refractivity contribution >= 4 is 11.8 Å². The minimum Gasteiger partial charge on any atom is -0.391 e. The Bertz CT molecular complexity index is 435. The quantitative estimate of drug-likeness (QED) is 0.747. The van der Waals surface area contributed by atoms with Gasteiger partial charge in [0.25, 0.3) is 5.91 Å². The molecule has 1 aliphatic heterocycles. The van der Waals surface area contributed by atoms with E-state index in [9.17, 15) is 14.7 Å². The third-order valence-corrected chi connectivity index (χ3v) is 2.79. The highest BCUT2D eigenvalue weighted by Gasteiger charge is 2.27. The van der Waals surface area contributed by atoms with Crippen molar-refractivity contribution in [3.05, 3.63) is 30.1 Å². The van der Waals surface area contributed by atoms with Crippen LogP contribution in [-0.4, -0.2) is 52.5 Å². The van der Waals surface area contributed by atoms with E-state index in [4.69, 9.17) is 0 Å². The Morgan fingerprint density at radius 3 is 3.06 bits per heavy atom. The van der Waals surface area contributed by atoms with E-state index in [0.29, 0.717) is 25.2 Å². The molecular weight excluding hydrogens is 234 g/mol. The average Bonchev–Trinajstić information content (AvgIpc) is 2.69. The SMILES string of the molecule is O=C(NCCN1CC(O)CC1=O)c1cccnc1. The van der Waals surface area contributed by atoms with E-state index in [2.05, 4.69) is 10.3 Å². The molecule has 1 aromatic rings. The van der Waals surface area contributed by atoms with E-state index < -0.39 is 6.10 Å². The first-order valence-corrected chi connectivity index (χ1v) is 5.81. The van der Waals surface area contributed by atoms with Gasteiger partial charge in [0.05, 0.1) is 18.1 Å². The fraction of sp³-hybridized carbons (Fsp3) is 0.417. The van der Waals surface area contributed by atoms with Gasteiger partial charge in [0, 0.05) is 32.0 Å². The molecule has 1 aromatic heterocycles. The van der Waals surface area contributed by atoms with Crippen molar-refractivity contribution in [1.82, 2.24) is 15.2 Å². The third kappa shape index (κ3) is 3.04. The normalized spacial score (nSPS) is 19.1. The van der Waals surface area contributed by atoms with Crippen molar-refractivity contribution in [3.63, 3.8) is 0 Å². The number of hydrogen-bond acceptors (Lipinski definition) is 4. The van der Waals surface area contributed by atoms with Gasteiger partial charge in [0.1, 0.15) is 0 Å². The fourth-order valence-electron chi connectivity index (χ4n) is 1.87. The van der Waals surface area contributed by atoms with Crippen LogP contribution in [0.5, 0.6) is 0 Å². The fourth-order valence-corrected chi connectivity index (χ4v) is 1.87. The monoisotopic (exact) mass is 249 g/mol. The van der Waals surface area contributed by atoms with Gasteiger partial charge in [-0.3, -0.25) is 14.6 Å². The molecule has 6 nitrogen and oxygen atoms in total. The minimum atomic E-state index is -0.577. The molecule has 1 fully saturated rings. The highest BCUT2D eigenvalue weighted by molar-refractivity contribution is 5.93. The maximum absolute atomic E-state index is 11.7. The third-order valence-electron chi connectivity index (χ3n) is 2.79. The number of aliphatic hydroxyl groups excluding tert-OH is 1. The van der Waals surface area contributed by atoms with E-state index in [1.807, 2.05) is 0 Å². The van der Waals surface area contributed by atoms with Crippen LogP contribution in [0.4, 0.5) is 0 Å². The molecule has 96 valence electrons. The largest absolute Gasteiger partial charge is 0.391 e. The van der Waals surface area contributed by atoms with Crippen LogP contribution in [0.2, 0.25) is 0 Å². The van der Waals surface area contributed by atoms with Gasteiger partial charge in [-0.25, -0.2) is 0 Å². The van der Waals surface area contributed by atoms with Crippen molar-refractivity contribution in [1.29, 1.82) is 0 Å². The molecule has 18 heavy (non-hydrogen) atoms. The van der Waals surface area contributed by atoms with Gasteiger partial charge in [0.2, 0.25) is 5.91 Å². The van der Waals surface area contributed by atoms with Gasteiger partial charge in [0.15, 0.2) is 0 Å². The van der Waals surface area contributed by atoms with E-state index >= 15 is 0 Å². The predicted octanol–water partition coefficient (Wildman–Crippen LogP) is -0.595. The second-order valence-corrected chi connectivity index (χ2v) is 4.20. The maximum Gasteiger partial charge on any atom is 0.252 e. The summed E-state index contributed by atoms with van der Waals surface area (Å²) in [4.78, 5) is 28.4. The van der Waals surface area contributed by atoms with Crippen molar-refractivity contribution in [2.45, 2.75) is 12.5 Å². The number of aromatic nitrogens is 1.